The lowest BCUT2D eigenvalue weighted by molar-refractivity contribution is -0.121. The molecule has 0 aliphatic rings. The summed E-state index contributed by atoms with van der Waals surface area (Å²) in [6.07, 6.45) is 2.56. The van der Waals surface area contributed by atoms with Gasteiger partial charge < -0.3 is 9.88 Å². The monoisotopic (exact) mass is 420 g/mol. The number of benzene rings is 1. The molecule has 0 bridgehead atoms. The van der Waals surface area contributed by atoms with Crippen molar-refractivity contribution in [3.05, 3.63) is 46.4 Å². The smallest absolute Gasteiger partial charge is 0.238 e. The maximum absolute atomic E-state index is 12.2. The lowest BCUT2D eigenvalue weighted by atomic mass is 10.2. The van der Waals surface area contributed by atoms with Gasteiger partial charge in [0.2, 0.25) is 15.9 Å². The SMILES string of the molecule is CCCn1c(CCC(=O)NCCc2cccs2)nc2cc(S(N)(=O)=O)ccc21. The van der Waals surface area contributed by atoms with E-state index >= 15 is 0 Å². The number of thiophene rings is 1. The first-order chi connectivity index (χ1) is 13.4. The third kappa shape index (κ3) is 4.98. The second-order valence-electron chi connectivity index (χ2n) is 6.55. The number of hydrogen-bond acceptors (Lipinski definition) is 5. The number of fused-ring (bicyclic) bond motifs is 1. The summed E-state index contributed by atoms with van der Waals surface area (Å²) in [6.45, 7) is 3.43. The van der Waals surface area contributed by atoms with Crippen LogP contribution in [-0.2, 0) is 34.2 Å². The molecular formula is C19H24N4O3S2. The van der Waals surface area contributed by atoms with Crippen molar-refractivity contribution in [2.75, 3.05) is 6.54 Å². The molecule has 150 valence electrons. The Kier molecular flexibility index (Phi) is 6.48. The molecule has 3 N–H and O–H groups in total. The van der Waals surface area contributed by atoms with Crippen LogP contribution in [0.15, 0.2) is 40.6 Å². The zero-order valence-electron chi connectivity index (χ0n) is 15.7. The number of nitrogens with two attached hydrogens (primary N) is 1. The van der Waals surface area contributed by atoms with Crippen LogP contribution in [0.4, 0.5) is 0 Å². The molecule has 0 aliphatic heterocycles. The largest absolute Gasteiger partial charge is 0.356 e. The van der Waals surface area contributed by atoms with Gasteiger partial charge in [-0.2, -0.15) is 0 Å². The highest BCUT2D eigenvalue weighted by molar-refractivity contribution is 7.89. The predicted octanol–water partition coefficient (Wildman–Crippen LogP) is 2.45. The molecule has 0 spiro atoms. The normalized spacial score (nSPS) is 11.8. The maximum Gasteiger partial charge on any atom is 0.238 e. The van der Waals surface area contributed by atoms with Gasteiger partial charge in [-0.3, -0.25) is 4.79 Å². The van der Waals surface area contributed by atoms with E-state index < -0.39 is 10.0 Å². The molecule has 2 heterocycles. The van der Waals surface area contributed by atoms with E-state index in [0.29, 0.717) is 24.9 Å². The Morgan fingerprint density at radius 2 is 2.11 bits per heavy atom. The van der Waals surface area contributed by atoms with E-state index in [1.807, 2.05) is 16.0 Å². The fourth-order valence-corrected chi connectivity index (χ4v) is 4.34. The van der Waals surface area contributed by atoms with Crippen molar-refractivity contribution in [3.63, 3.8) is 0 Å². The van der Waals surface area contributed by atoms with Crippen LogP contribution in [0.5, 0.6) is 0 Å². The van der Waals surface area contributed by atoms with E-state index in [-0.39, 0.29) is 10.8 Å². The molecule has 28 heavy (non-hydrogen) atoms. The Labute approximate surface area is 168 Å². The first-order valence-electron chi connectivity index (χ1n) is 9.19. The standard InChI is InChI=1S/C19H24N4O3S2/c1-2-11-23-17-6-5-15(28(20,25)26)13-16(17)22-18(23)7-8-19(24)21-10-9-14-4-3-12-27-14/h3-6,12-13H,2,7-11H2,1H3,(H,21,24)(H2,20,25,26). The molecule has 0 fully saturated rings. The topological polar surface area (TPSA) is 107 Å². The van der Waals surface area contributed by atoms with E-state index in [1.165, 1.54) is 17.0 Å². The molecule has 0 atom stereocenters. The van der Waals surface area contributed by atoms with Gasteiger partial charge in [-0.25, -0.2) is 18.5 Å². The number of nitrogens with zero attached hydrogens (tertiary/aromatic N) is 2. The number of rotatable bonds is 9. The minimum Gasteiger partial charge on any atom is -0.356 e. The Morgan fingerprint density at radius 1 is 1.29 bits per heavy atom. The molecule has 0 unspecified atom stereocenters. The summed E-state index contributed by atoms with van der Waals surface area (Å²) in [5, 5.41) is 10.2. The van der Waals surface area contributed by atoms with Crippen LogP contribution in [0.25, 0.3) is 11.0 Å². The van der Waals surface area contributed by atoms with Crippen LogP contribution in [0.3, 0.4) is 0 Å². The van der Waals surface area contributed by atoms with Gasteiger partial charge in [-0.05, 0) is 42.5 Å². The number of imidazole rings is 1. The van der Waals surface area contributed by atoms with Gasteiger partial charge >= 0.3 is 0 Å². The van der Waals surface area contributed by atoms with Crippen molar-refractivity contribution < 1.29 is 13.2 Å². The van der Waals surface area contributed by atoms with Crippen molar-refractivity contribution >= 4 is 38.3 Å². The molecule has 1 amide bonds. The van der Waals surface area contributed by atoms with Gasteiger partial charge in [-0.1, -0.05) is 13.0 Å². The summed E-state index contributed by atoms with van der Waals surface area (Å²) < 4.78 is 25.2. The number of aryl methyl sites for hydroxylation is 2. The number of hydrogen-bond donors (Lipinski definition) is 2. The van der Waals surface area contributed by atoms with Gasteiger partial charge in [0.1, 0.15) is 5.82 Å². The molecule has 9 heteroatoms. The van der Waals surface area contributed by atoms with E-state index in [4.69, 9.17) is 5.14 Å². The molecule has 0 radical (unpaired) electrons. The highest BCUT2D eigenvalue weighted by Crippen LogP contribution is 2.21. The molecular weight excluding hydrogens is 396 g/mol. The maximum atomic E-state index is 12.2. The van der Waals surface area contributed by atoms with Crippen molar-refractivity contribution in [1.82, 2.24) is 14.9 Å². The van der Waals surface area contributed by atoms with E-state index in [1.54, 1.807) is 17.4 Å². The third-order valence-electron chi connectivity index (χ3n) is 4.42. The summed E-state index contributed by atoms with van der Waals surface area (Å²) >= 11 is 1.68. The number of primary sulfonamides is 1. The predicted molar refractivity (Wildman–Crippen MR) is 111 cm³/mol. The number of carbonyl (C=O) groups is 1. The van der Waals surface area contributed by atoms with E-state index in [0.717, 1.165) is 30.7 Å². The number of nitrogens with one attached hydrogen (secondary N) is 1. The lowest BCUT2D eigenvalue weighted by Crippen LogP contribution is -2.26. The summed E-state index contributed by atoms with van der Waals surface area (Å²) in [7, 11) is -3.78. The number of amides is 1. The fourth-order valence-electron chi connectivity index (χ4n) is 3.09. The Balaban J connectivity index is 1.68. The molecule has 3 aromatic rings. The van der Waals surface area contributed by atoms with Crippen LogP contribution >= 0.6 is 11.3 Å². The van der Waals surface area contributed by atoms with Gasteiger partial charge in [0.25, 0.3) is 0 Å². The van der Waals surface area contributed by atoms with E-state index in [9.17, 15) is 13.2 Å². The third-order valence-corrected chi connectivity index (χ3v) is 6.27. The average molecular weight is 421 g/mol. The summed E-state index contributed by atoms with van der Waals surface area (Å²) in [5.74, 6) is 0.758. The summed E-state index contributed by atoms with van der Waals surface area (Å²) in [5.41, 5.74) is 1.43. The van der Waals surface area contributed by atoms with Crippen LogP contribution in [0.1, 0.15) is 30.5 Å². The van der Waals surface area contributed by atoms with Crippen LogP contribution < -0.4 is 10.5 Å². The minimum atomic E-state index is -3.78. The quantitative estimate of drug-likeness (QED) is 0.554. The van der Waals surface area contributed by atoms with Crippen molar-refractivity contribution in [2.45, 2.75) is 44.0 Å². The van der Waals surface area contributed by atoms with Gasteiger partial charge in [-0.15, -0.1) is 11.3 Å². The Morgan fingerprint density at radius 3 is 2.79 bits per heavy atom. The van der Waals surface area contributed by atoms with Gasteiger partial charge in [0, 0.05) is 30.8 Å². The molecule has 0 saturated carbocycles. The number of sulfonamides is 1. The first-order valence-corrected chi connectivity index (χ1v) is 11.6. The van der Waals surface area contributed by atoms with Crippen molar-refractivity contribution in [1.29, 1.82) is 0 Å². The van der Waals surface area contributed by atoms with Crippen LogP contribution in [0.2, 0.25) is 0 Å². The molecule has 2 aromatic heterocycles. The van der Waals surface area contributed by atoms with Gasteiger partial charge in [0.05, 0.1) is 15.9 Å². The second kappa shape index (κ2) is 8.85. The van der Waals surface area contributed by atoms with Crippen LogP contribution in [-0.4, -0.2) is 30.4 Å². The fraction of sp³-hybridized carbons (Fsp3) is 0.368. The van der Waals surface area contributed by atoms with E-state index in [2.05, 4.69) is 23.3 Å². The number of aromatic nitrogens is 2. The highest BCUT2D eigenvalue weighted by atomic mass is 32.2. The zero-order chi connectivity index (χ0) is 20.1. The van der Waals surface area contributed by atoms with Crippen molar-refractivity contribution in [2.24, 2.45) is 5.14 Å². The zero-order valence-corrected chi connectivity index (χ0v) is 17.4. The Hall–Kier alpha value is -2.23. The number of carbonyl (C=O) groups excluding carboxylic acids is 1. The first kappa shape index (κ1) is 20.5. The van der Waals surface area contributed by atoms with Gasteiger partial charge in [0.15, 0.2) is 0 Å². The lowest BCUT2D eigenvalue weighted by Gasteiger charge is -2.08. The molecule has 3 rings (SSSR count). The van der Waals surface area contributed by atoms with Crippen LogP contribution in [0, 0.1) is 0 Å². The minimum absolute atomic E-state index is 0.0168. The van der Waals surface area contributed by atoms with Crippen molar-refractivity contribution in [3.8, 4) is 0 Å². The molecule has 1 aromatic carbocycles. The molecule has 0 aliphatic carbocycles. The summed E-state index contributed by atoms with van der Waals surface area (Å²) in [4.78, 5) is 18.0. The molecule has 7 nitrogen and oxygen atoms in total. The summed E-state index contributed by atoms with van der Waals surface area (Å²) in [6, 6.07) is 8.76. The average Bonchev–Trinajstić information content (AvgIpc) is 3.27. The second-order valence-corrected chi connectivity index (χ2v) is 9.15. The Bertz CT molecular complexity index is 1060. The highest BCUT2D eigenvalue weighted by Gasteiger charge is 2.15. The molecule has 0 saturated heterocycles.